The summed E-state index contributed by atoms with van der Waals surface area (Å²) in [6.07, 6.45) is 2.58. The van der Waals surface area contributed by atoms with E-state index in [4.69, 9.17) is 9.47 Å². The first-order chi connectivity index (χ1) is 7.78. The van der Waals surface area contributed by atoms with Crippen molar-refractivity contribution in [2.75, 3.05) is 25.6 Å². The highest BCUT2D eigenvalue weighted by atomic mass is 16.5. The zero-order valence-corrected chi connectivity index (χ0v) is 9.69. The molecular weight excluding hydrogens is 206 g/mol. The minimum atomic E-state index is 0.307. The molecule has 1 aliphatic heterocycles. The predicted octanol–water partition coefficient (Wildman–Crippen LogP) is 1.38. The van der Waals surface area contributed by atoms with Crippen LogP contribution in [0.15, 0.2) is 6.07 Å². The van der Waals surface area contributed by atoms with Crippen LogP contribution in [-0.4, -0.2) is 36.3 Å². The van der Waals surface area contributed by atoms with Gasteiger partial charge in [-0.2, -0.15) is 4.98 Å². The van der Waals surface area contributed by atoms with E-state index in [0.29, 0.717) is 17.8 Å². The smallest absolute Gasteiger partial charge is 0.218 e. The number of hydrogen-bond acceptors (Lipinski definition) is 5. The summed E-state index contributed by atoms with van der Waals surface area (Å²) in [6.45, 7) is 3.51. The fraction of sp³-hybridized carbons (Fsp3) is 0.636. The van der Waals surface area contributed by atoms with E-state index < -0.39 is 0 Å². The van der Waals surface area contributed by atoms with Crippen molar-refractivity contribution in [1.29, 1.82) is 0 Å². The van der Waals surface area contributed by atoms with E-state index in [1.165, 1.54) is 0 Å². The van der Waals surface area contributed by atoms with Gasteiger partial charge < -0.3 is 14.8 Å². The molecule has 1 aliphatic rings. The third kappa shape index (κ3) is 2.82. The van der Waals surface area contributed by atoms with Crippen LogP contribution in [0.25, 0.3) is 0 Å². The van der Waals surface area contributed by atoms with Crippen molar-refractivity contribution < 1.29 is 9.47 Å². The summed E-state index contributed by atoms with van der Waals surface area (Å²) in [7, 11) is 1.60. The maximum Gasteiger partial charge on any atom is 0.218 e. The van der Waals surface area contributed by atoms with E-state index in [1.54, 1.807) is 13.2 Å². The molecule has 0 aromatic carbocycles. The third-order valence-electron chi connectivity index (χ3n) is 2.56. The Morgan fingerprint density at radius 2 is 2.44 bits per heavy atom. The number of anilines is 1. The molecule has 0 amide bonds. The molecule has 1 fully saturated rings. The Bertz CT molecular complexity index is 351. The maximum absolute atomic E-state index is 5.52. The van der Waals surface area contributed by atoms with Gasteiger partial charge in [0, 0.05) is 19.2 Å². The molecule has 2 heterocycles. The highest BCUT2D eigenvalue weighted by Crippen LogP contribution is 2.15. The molecule has 1 saturated heterocycles. The molecule has 1 unspecified atom stereocenters. The van der Waals surface area contributed by atoms with Gasteiger partial charge in [-0.1, -0.05) is 0 Å². The summed E-state index contributed by atoms with van der Waals surface area (Å²) in [5.74, 6) is 2.08. The van der Waals surface area contributed by atoms with Gasteiger partial charge in [-0.3, -0.25) is 0 Å². The second kappa shape index (κ2) is 5.12. The molecule has 0 aliphatic carbocycles. The van der Waals surface area contributed by atoms with E-state index >= 15 is 0 Å². The molecule has 0 saturated carbocycles. The van der Waals surface area contributed by atoms with Gasteiger partial charge in [-0.05, 0) is 19.8 Å². The van der Waals surface area contributed by atoms with Crippen molar-refractivity contribution in [1.82, 2.24) is 9.97 Å². The largest absolute Gasteiger partial charge is 0.481 e. The Morgan fingerprint density at radius 3 is 3.12 bits per heavy atom. The van der Waals surface area contributed by atoms with Crippen molar-refractivity contribution in [3.8, 4) is 5.88 Å². The van der Waals surface area contributed by atoms with Crippen LogP contribution in [0.1, 0.15) is 18.7 Å². The lowest BCUT2D eigenvalue weighted by Crippen LogP contribution is -2.19. The van der Waals surface area contributed by atoms with Crippen LogP contribution in [0.2, 0.25) is 0 Å². The van der Waals surface area contributed by atoms with Gasteiger partial charge in [0.05, 0.1) is 13.2 Å². The number of rotatable bonds is 4. The van der Waals surface area contributed by atoms with E-state index in [0.717, 1.165) is 31.8 Å². The maximum atomic E-state index is 5.52. The minimum Gasteiger partial charge on any atom is -0.481 e. The van der Waals surface area contributed by atoms with Crippen molar-refractivity contribution in [3.63, 3.8) is 0 Å². The molecule has 88 valence electrons. The Kier molecular flexibility index (Phi) is 3.56. The molecule has 0 bridgehead atoms. The normalized spacial score (nSPS) is 19.8. The van der Waals surface area contributed by atoms with E-state index in [9.17, 15) is 0 Å². The molecule has 2 rings (SSSR count). The lowest BCUT2D eigenvalue weighted by Gasteiger charge is -2.12. The first-order valence-corrected chi connectivity index (χ1v) is 5.53. The van der Waals surface area contributed by atoms with Gasteiger partial charge >= 0.3 is 0 Å². The molecule has 5 heteroatoms. The topological polar surface area (TPSA) is 56.3 Å². The van der Waals surface area contributed by atoms with Crippen LogP contribution < -0.4 is 10.1 Å². The van der Waals surface area contributed by atoms with Gasteiger partial charge in [0.25, 0.3) is 0 Å². The third-order valence-corrected chi connectivity index (χ3v) is 2.56. The van der Waals surface area contributed by atoms with Crippen LogP contribution in [0.5, 0.6) is 5.88 Å². The van der Waals surface area contributed by atoms with Crippen molar-refractivity contribution in [2.45, 2.75) is 25.9 Å². The van der Waals surface area contributed by atoms with Crippen LogP contribution >= 0.6 is 0 Å². The second-order valence-electron chi connectivity index (χ2n) is 3.86. The number of ether oxygens (including phenoxy) is 2. The van der Waals surface area contributed by atoms with E-state index in [2.05, 4.69) is 15.3 Å². The summed E-state index contributed by atoms with van der Waals surface area (Å²) in [5, 5.41) is 3.25. The Balaban J connectivity index is 1.94. The van der Waals surface area contributed by atoms with Gasteiger partial charge in [-0.15, -0.1) is 0 Å². The van der Waals surface area contributed by atoms with Crippen molar-refractivity contribution in [2.24, 2.45) is 0 Å². The van der Waals surface area contributed by atoms with Crippen LogP contribution in [0, 0.1) is 6.92 Å². The van der Waals surface area contributed by atoms with Crippen LogP contribution in [0.4, 0.5) is 5.82 Å². The molecule has 16 heavy (non-hydrogen) atoms. The molecule has 1 aromatic rings. The standard InChI is InChI=1S/C11H17N3O2/c1-8-13-10(6-11(14-8)15-2)12-7-9-4-3-5-16-9/h6,9H,3-5,7H2,1-2H3,(H,12,13,14). The molecule has 5 nitrogen and oxygen atoms in total. The number of nitrogens with one attached hydrogen (secondary N) is 1. The summed E-state index contributed by atoms with van der Waals surface area (Å²) >= 11 is 0. The number of methoxy groups -OCH3 is 1. The van der Waals surface area contributed by atoms with E-state index in [-0.39, 0.29) is 0 Å². The number of aryl methyl sites for hydroxylation is 1. The van der Waals surface area contributed by atoms with E-state index in [1.807, 2.05) is 6.92 Å². The molecule has 1 N–H and O–H groups in total. The summed E-state index contributed by atoms with van der Waals surface area (Å²) in [6, 6.07) is 1.79. The number of aromatic nitrogens is 2. The summed E-state index contributed by atoms with van der Waals surface area (Å²) in [5.41, 5.74) is 0. The fourth-order valence-corrected chi connectivity index (χ4v) is 1.76. The lowest BCUT2D eigenvalue weighted by atomic mass is 10.2. The fourth-order valence-electron chi connectivity index (χ4n) is 1.76. The monoisotopic (exact) mass is 223 g/mol. The Morgan fingerprint density at radius 1 is 1.56 bits per heavy atom. The lowest BCUT2D eigenvalue weighted by molar-refractivity contribution is 0.120. The van der Waals surface area contributed by atoms with Gasteiger partial charge in [0.15, 0.2) is 0 Å². The molecular formula is C11H17N3O2. The minimum absolute atomic E-state index is 0.307. The van der Waals surface area contributed by atoms with Crippen molar-refractivity contribution in [3.05, 3.63) is 11.9 Å². The Labute approximate surface area is 95.2 Å². The molecule has 1 atom stereocenters. The predicted molar refractivity (Wildman–Crippen MR) is 60.8 cm³/mol. The highest BCUT2D eigenvalue weighted by Gasteiger charge is 2.15. The second-order valence-corrected chi connectivity index (χ2v) is 3.86. The zero-order valence-electron chi connectivity index (χ0n) is 9.69. The summed E-state index contributed by atoms with van der Waals surface area (Å²) < 4.78 is 10.6. The molecule has 0 spiro atoms. The molecule has 1 aromatic heterocycles. The van der Waals surface area contributed by atoms with Gasteiger partial charge in [0.1, 0.15) is 11.6 Å². The number of hydrogen-bond donors (Lipinski definition) is 1. The zero-order chi connectivity index (χ0) is 11.4. The van der Waals surface area contributed by atoms with Crippen molar-refractivity contribution >= 4 is 5.82 Å². The van der Waals surface area contributed by atoms with Gasteiger partial charge in [0.2, 0.25) is 5.88 Å². The number of nitrogens with zero attached hydrogens (tertiary/aromatic N) is 2. The van der Waals surface area contributed by atoms with Gasteiger partial charge in [-0.25, -0.2) is 4.98 Å². The van der Waals surface area contributed by atoms with Crippen LogP contribution in [0.3, 0.4) is 0 Å². The molecule has 0 radical (unpaired) electrons. The highest BCUT2D eigenvalue weighted by molar-refractivity contribution is 5.38. The SMILES string of the molecule is COc1cc(NCC2CCCO2)nc(C)n1. The summed E-state index contributed by atoms with van der Waals surface area (Å²) in [4.78, 5) is 8.41. The van der Waals surface area contributed by atoms with Crippen LogP contribution in [-0.2, 0) is 4.74 Å². The quantitative estimate of drug-likeness (QED) is 0.835. The average molecular weight is 223 g/mol. The Hall–Kier alpha value is -1.36. The first kappa shape index (κ1) is 11.1. The first-order valence-electron chi connectivity index (χ1n) is 5.53. The average Bonchev–Trinajstić information content (AvgIpc) is 2.78.